The molecule has 3 amide bonds. The third kappa shape index (κ3) is 7.09. The highest BCUT2D eigenvalue weighted by molar-refractivity contribution is 7.12. The Kier molecular flexibility index (Phi) is 8.83. The van der Waals surface area contributed by atoms with Crippen LogP contribution in [0.1, 0.15) is 43.7 Å². The predicted octanol–water partition coefficient (Wildman–Crippen LogP) is 3.58. The van der Waals surface area contributed by atoms with Gasteiger partial charge in [0.15, 0.2) is 0 Å². The Morgan fingerprint density at radius 3 is 2.62 bits per heavy atom. The number of methoxy groups -OCH3 is 1. The number of hydrazone groups is 1. The number of nitrogens with zero attached hydrogens (tertiary/aromatic N) is 4. The summed E-state index contributed by atoms with van der Waals surface area (Å²) in [5.74, 6) is 0.482. The van der Waals surface area contributed by atoms with Crippen molar-refractivity contribution in [2.45, 2.75) is 38.8 Å². The van der Waals surface area contributed by atoms with Crippen molar-refractivity contribution in [3.8, 4) is 5.75 Å². The molecule has 3 heterocycles. The summed E-state index contributed by atoms with van der Waals surface area (Å²) in [6.45, 7) is 9.84. The number of ether oxygens (including phenoxy) is 2. The molecule has 0 aliphatic carbocycles. The summed E-state index contributed by atoms with van der Waals surface area (Å²) in [6, 6.07) is 11.1. The van der Waals surface area contributed by atoms with E-state index in [0.717, 1.165) is 29.2 Å². The Morgan fingerprint density at radius 2 is 1.95 bits per heavy atom. The molecule has 0 radical (unpaired) electrons. The summed E-state index contributed by atoms with van der Waals surface area (Å²) in [6.07, 6.45) is 0.578. The van der Waals surface area contributed by atoms with Gasteiger partial charge >= 0.3 is 6.03 Å². The molecule has 37 heavy (non-hydrogen) atoms. The van der Waals surface area contributed by atoms with Gasteiger partial charge < -0.3 is 19.7 Å². The third-order valence-corrected chi connectivity index (χ3v) is 7.27. The van der Waals surface area contributed by atoms with E-state index in [-0.39, 0.29) is 24.5 Å². The molecule has 10 heteroatoms. The maximum Gasteiger partial charge on any atom is 0.318 e. The number of hydrogen-bond donors (Lipinski definition) is 1. The Labute approximate surface area is 223 Å². The molecule has 4 rings (SSSR count). The minimum atomic E-state index is -0.421. The second-order valence-electron chi connectivity index (χ2n) is 10.3. The quantitative estimate of drug-likeness (QED) is 0.567. The summed E-state index contributed by atoms with van der Waals surface area (Å²) < 4.78 is 11.1. The summed E-state index contributed by atoms with van der Waals surface area (Å²) >= 11 is 1.60. The average Bonchev–Trinajstić information content (AvgIpc) is 3.56. The molecule has 0 bridgehead atoms. The molecular weight excluding hydrogens is 490 g/mol. The number of urea groups is 1. The zero-order valence-corrected chi connectivity index (χ0v) is 22.9. The Bertz CT molecular complexity index is 1090. The van der Waals surface area contributed by atoms with Gasteiger partial charge in [-0.05, 0) is 38.3 Å². The van der Waals surface area contributed by atoms with E-state index in [2.05, 4.69) is 10.2 Å². The summed E-state index contributed by atoms with van der Waals surface area (Å²) in [5.41, 5.74) is 1.33. The molecule has 0 unspecified atom stereocenters. The van der Waals surface area contributed by atoms with E-state index < -0.39 is 5.54 Å². The van der Waals surface area contributed by atoms with Crippen LogP contribution in [0.2, 0.25) is 0 Å². The van der Waals surface area contributed by atoms with Gasteiger partial charge in [0.1, 0.15) is 12.3 Å². The lowest BCUT2D eigenvalue weighted by Gasteiger charge is -2.33. The van der Waals surface area contributed by atoms with Crippen molar-refractivity contribution in [1.29, 1.82) is 0 Å². The van der Waals surface area contributed by atoms with E-state index in [1.165, 1.54) is 0 Å². The van der Waals surface area contributed by atoms with Crippen LogP contribution >= 0.6 is 11.3 Å². The first kappa shape index (κ1) is 27.1. The van der Waals surface area contributed by atoms with E-state index in [1.807, 2.05) is 62.5 Å². The number of para-hydroxylation sites is 1. The number of benzene rings is 1. The molecule has 0 spiro atoms. The van der Waals surface area contributed by atoms with Crippen molar-refractivity contribution in [2.24, 2.45) is 5.10 Å². The van der Waals surface area contributed by atoms with Crippen LogP contribution in [0.25, 0.3) is 0 Å². The van der Waals surface area contributed by atoms with Gasteiger partial charge in [-0.1, -0.05) is 24.3 Å². The van der Waals surface area contributed by atoms with Gasteiger partial charge in [0.25, 0.3) is 5.91 Å². The van der Waals surface area contributed by atoms with Crippen LogP contribution in [-0.2, 0) is 9.53 Å². The van der Waals surface area contributed by atoms with Gasteiger partial charge in [0, 0.05) is 43.7 Å². The lowest BCUT2D eigenvalue weighted by molar-refractivity contribution is -0.133. The second kappa shape index (κ2) is 12.1. The Balaban J connectivity index is 1.57. The first-order valence-electron chi connectivity index (χ1n) is 12.7. The number of carbonyl (C=O) groups excluding carboxylic acids is 2. The maximum absolute atomic E-state index is 13.8. The Morgan fingerprint density at radius 1 is 1.19 bits per heavy atom. The largest absolute Gasteiger partial charge is 0.496 e. The first-order valence-corrected chi connectivity index (χ1v) is 13.6. The molecule has 1 atom stereocenters. The molecular formula is C27H37N5O4S. The summed E-state index contributed by atoms with van der Waals surface area (Å²) in [7, 11) is 1.63. The predicted molar refractivity (Wildman–Crippen MR) is 145 cm³/mol. The lowest BCUT2D eigenvalue weighted by atomic mass is 10.00. The van der Waals surface area contributed by atoms with Gasteiger partial charge in [0.2, 0.25) is 0 Å². The number of amides is 3. The molecule has 2 aliphatic rings. The smallest absolute Gasteiger partial charge is 0.318 e. The fourth-order valence-corrected chi connectivity index (χ4v) is 5.21. The van der Waals surface area contributed by atoms with Crippen molar-refractivity contribution >= 4 is 29.0 Å². The lowest BCUT2D eigenvalue weighted by Crippen LogP contribution is -2.53. The zero-order chi connectivity index (χ0) is 26.4. The SMILES string of the molecule is COc1ccccc1[C@@H]1CC(c2cccs2)=NN1C(=O)CN(CCN1CCOCC1)C(=O)NC(C)(C)C. The van der Waals surface area contributed by atoms with Crippen molar-refractivity contribution < 1.29 is 19.1 Å². The number of hydrogen-bond acceptors (Lipinski definition) is 7. The third-order valence-electron chi connectivity index (χ3n) is 6.35. The highest BCUT2D eigenvalue weighted by Gasteiger charge is 2.36. The van der Waals surface area contributed by atoms with Crippen LogP contribution in [0, 0.1) is 0 Å². The van der Waals surface area contributed by atoms with Gasteiger partial charge in [-0.15, -0.1) is 11.3 Å². The highest BCUT2D eigenvalue weighted by atomic mass is 32.1. The second-order valence-corrected chi connectivity index (χ2v) is 11.2. The van der Waals surface area contributed by atoms with Crippen LogP contribution in [0.4, 0.5) is 4.79 Å². The molecule has 1 aromatic carbocycles. The van der Waals surface area contributed by atoms with Crippen LogP contribution in [-0.4, -0.2) is 91.0 Å². The topological polar surface area (TPSA) is 86.7 Å². The van der Waals surface area contributed by atoms with Gasteiger partial charge in [-0.3, -0.25) is 9.69 Å². The maximum atomic E-state index is 13.8. The molecule has 1 aromatic heterocycles. The van der Waals surface area contributed by atoms with Crippen LogP contribution in [0.5, 0.6) is 5.75 Å². The first-order chi connectivity index (χ1) is 17.7. The van der Waals surface area contributed by atoms with Crippen molar-refractivity contribution in [3.63, 3.8) is 0 Å². The fourth-order valence-electron chi connectivity index (χ4n) is 4.49. The number of carbonyl (C=O) groups is 2. The number of morpholine rings is 1. The van der Waals surface area contributed by atoms with Gasteiger partial charge in [-0.2, -0.15) is 5.10 Å². The van der Waals surface area contributed by atoms with Crippen molar-refractivity contribution in [3.05, 3.63) is 52.2 Å². The van der Waals surface area contributed by atoms with Crippen molar-refractivity contribution in [1.82, 2.24) is 20.1 Å². The number of rotatable bonds is 8. The van der Waals surface area contributed by atoms with E-state index in [4.69, 9.17) is 14.6 Å². The van der Waals surface area contributed by atoms with Crippen molar-refractivity contribution in [2.75, 3.05) is 53.0 Å². The monoisotopic (exact) mass is 527 g/mol. The molecule has 2 aromatic rings. The fraction of sp³-hybridized carbons (Fsp3) is 0.519. The molecule has 200 valence electrons. The normalized spacial score (nSPS) is 18.4. The molecule has 1 saturated heterocycles. The average molecular weight is 528 g/mol. The standard InChI is InChI=1S/C27H37N5O4S/c1-27(2,3)28-26(34)31(12-11-30-13-15-36-16-14-30)19-25(33)32-22(20-8-5-6-9-23(20)35-4)18-21(29-32)24-10-7-17-37-24/h5-10,17,22H,11-16,18-19H2,1-4H3,(H,28,34)/t22-/m0/s1. The molecule has 1 fully saturated rings. The van der Waals surface area contributed by atoms with Gasteiger partial charge in [-0.25, -0.2) is 9.80 Å². The summed E-state index contributed by atoms with van der Waals surface area (Å²) in [5, 5.41) is 11.3. The van der Waals surface area contributed by atoms with Crippen LogP contribution in [0.3, 0.4) is 0 Å². The minimum Gasteiger partial charge on any atom is -0.496 e. The molecule has 9 nitrogen and oxygen atoms in total. The van der Waals surface area contributed by atoms with Gasteiger partial charge in [0.05, 0.1) is 37.0 Å². The number of thiophene rings is 1. The van der Waals surface area contributed by atoms with Crippen LogP contribution < -0.4 is 10.1 Å². The highest BCUT2D eigenvalue weighted by Crippen LogP contribution is 2.38. The van der Waals surface area contributed by atoms with E-state index >= 15 is 0 Å². The summed E-state index contributed by atoms with van der Waals surface area (Å²) in [4.78, 5) is 31.9. The van der Waals surface area contributed by atoms with E-state index in [0.29, 0.717) is 38.5 Å². The molecule has 2 aliphatic heterocycles. The minimum absolute atomic E-state index is 0.0703. The molecule has 1 N–H and O–H groups in total. The van der Waals surface area contributed by atoms with E-state index in [9.17, 15) is 9.59 Å². The van der Waals surface area contributed by atoms with Crippen LogP contribution in [0.15, 0.2) is 46.9 Å². The zero-order valence-electron chi connectivity index (χ0n) is 22.1. The van der Waals surface area contributed by atoms with E-state index in [1.54, 1.807) is 28.4 Å². The Hall–Kier alpha value is -2.95. The molecule has 0 saturated carbocycles. The number of nitrogens with one attached hydrogen (secondary N) is 1.